The Morgan fingerprint density at radius 2 is 1.71 bits per heavy atom. The fourth-order valence-corrected chi connectivity index (χ4v) is 4.43. The molecule has 2 heterocycles. The third-order valence-corrected chi connectivity index (χ3v) is 6.13. The number of nitrogens with zero attached hydrogens (tertiary/aromatic N) is 2. The molecule has 4 rings (SSSR count). The van der Waals surface area contributed by atoms with Gasteiger partial charge in [-0.1, -0.05) is 31.0 Å². The van der Waals surface area contributed by atoms with Crippen LogP contribution in [0, 0.1) is 0 Å². The molecule has 2 aromatic rings. The normalized spacial score (nSPS) is 17.0. The van der Waals surface area contributed by atoms with Gasteiger partial charge in [0.25, 0.3) is 11.5 Å². The molecule has 164 valence electrons. The van der Waals surface area contributed by atoms with Crippen molar-refractivity contribution in [3.8, 4) is 0 Å². The molecule has 0 unspecified atom stereocenters. The van der Waals surface area contributed by atoms with Crippen LogP contribution in [0.2, 0.25) is 0 Å². The van der Waals surface area contributed by atoms with Crippen LogP contribution in [0.4, 0.5) is 5.69 Å². The lowest BCUT2D eigenvalue weighted by Crippen LogP contribution is -2.34. The van der Waals surface area contributed by atoms with Crippen molar-refractivity contribution < 1.29 is 9.59 Å². The Bertz CT molecular complexity index is 988. The fraction of sp³-hybridized carbons (Fsp3) is 0.458. The summed E-state index contributed by atoms with van der Waals surface area (Å²) >= 11 is 0. The number of likely N-dealkylation sites (tertiary alicyclic amines) is 1. The lowest BCUT2D eigenvalue weighted by atomic mass is 10.1. The second-order valence-corrected chi connectivity index (χ2v) is 8.53. The Balaban J connectivity index is 1.41. The monoisotopic (exact) mass is 422 g/mol. The number of carbonyl (C=O) groups is 2. The Labute approximate surface area is 182 Å². The molecule has 2 N–H and O–H groups in total. The number of benzene rings is 1. The van der Waals surface area contributed by atoms with Gasteiger partial charge in [0.15, 0.2) is 0 Å². The molecule has 2 fully saturated rings. The van der Waals surface area contributed by atoms with E-state index < -0.39 is 0 Å². The number of para-hydroxylation sites is 1. The molecule has 2 aliphatic rings. The quantitative estimate of drug-likeness (QED) is 0.719. The summed E-state index contributed by atoms with van der Waals surface area (Å²) in [4.78, 5) is 39.9. The number of anilines is 1. The molecule has 2 amide bonds. The van der Waals surface area contributed by atoms with Gasteiger partial charge < -0.3 is 15.2 Å². The molecule has 0 spiro atoms. The van der Waals surface area contributed by atoms with Gasteiger partial charge in [0.05, 0.1) is 5.56 Å². The van der Waals surface area contributed by atoms with Gasteiger partial charge in [0, 0.05) is 30.5 Å². The maximum absolute atomic E-state index is 12.7. The van der Waals surface area contributed by atoms with Crippen molar-refractivity contribution in [1.82, 2.24) is 14.8 Å². The predicted octanol–water partition coefficient (Wildman–Crippen LogP) is 2.76. The molecule has 7 nitrogen and oxygen atoms in total. The van der Waals surface area contributed by atoms with Crippen LogP contribution in [0.15, 0.2) is 47.4 Å². The smallest absolute Gasteiger partial charge is 0.252 e. The highest BCUT2D eigenvalue weighted by atomic mass is 16.2. The Hall–Kier alpha value is -2.93. The van der Waals surface area contributed by atoms with E-state index >= 15 is 0 Å². The van der Waals surface area contributed by atoms with Crippen LogP contribution in [0.1, 0.15) is 54.4 Å². The first-order chi connectivity index (χ1) is 15.1. The van der Waals surface area contributed by atoms with E-state index in [2.05, 4.69) is 15.5 Å². The third kappa shape index (κ3) is 5.61. The molecule has 1 aromatic carbocycles. The summed E-state index contributed by atoms with van der Waals surface area (Å²) in [6.45, 7) is 2.81. The standard InChI is InChI=1S/C24H30N4O3/c29-22(26-21-10-4-1-7-18(21)15-27-13-5-6-14-27)17-28-16-19(11-12-23(28)30)24(31)25-20-8-2-3-9-20/h1,4,7,10-12,16,20H,2-3,5-6,8-9,13-15,17H2,(H,25,31)(H,26,29). The minimum Gasteiger partial charge on any atom is -0.349 e. The molecule has 1 aliphatic carbocycles. The van der Waals surface area contributed by atoms with Crippen molar-refractivity contribution in [3.05, 3.63) is 64.1 Å². The summed E-state index contributed by atoms with van der Waals surface area (Å²) in [5, 5.41) is 5.96. The average Bonchev–Trinajstić information content (AvgIpc) is 3.45. The zero-order chi connectivity index (χ0) is 21.6. The molecule has 0 radical (unpaired) electrons. The number of aromatic nitrogens is 1. The van der Waals surface area contributed by atoms with Crippen molar-refractivity contribution in [2.75, 3.05) is 18.4 Å². The summed E-state index contributed by atoms with van der Waals surface area (Å²) in [6, 6.07) is 10.8. The van der Waals surface area contributed by atoms with Crippen LogP contribution >= 0.6 is 0 Å². The van der Waals surface area contributed by atoms with Crippen molar-refractivity contribution in [2.24, 2.45) is 0 Å². The van der Waals surface area contributed by atoms with E-state index in [1.54, 1.807) is 0 Å². The summed E-state index contributed by atoms with van der Waals surface area (Å²) in [6.07, 6.45) is 8.13. The minimum absolute atomic E-state index is 0.137. The van der Waals surface area contributed by atoms with E-state index in [9.17, 15) is 14.4 Å². The number of rotatable bonds is 7. The lowest BCUT2D eigenvalue weighted by molar-refractivity contribution is -0.116. The highest BCUT2D eigenvalue weighted by molar-refractivity contribution is 5.94. The summed E-state index contributed by atoms with van der Waals surface area (Å²) in [7, 11) is 0. The highest BCUT2D eigenvalue weighted by Crippen LogP contribution is 2.20. The largest absolute Gasteiger partial charge is 0.349 e. The van der Waals surface area contributed by atoms with E-state index in [-0.39, 0.29) is 30.0 Å². The third-order valence-electron chi connectivity index (χ3n) is 6.13. The van der Waals surface area contributed by atoms with E-state index in [0.717, 1.165) is 56.6 Å². The SMILES string of the molecule is O=C(Cn1cc(C(=O)NC2CCCC2)ccc1=O)Nc1ccccc1CN1CCCC1. The number of hydrogen-bond acceptors (Lipinski definition) is 4. The highest BCUT2D eigenvalue weighted by Gasteiger charge is 2.19. The number of pyridine rings is 1. The predicted molar refractivity (Wildman–Crippen MR) is 120 cm³/mol. The number of amides is 2. The first-order valence-electron chi connectivity index (χ1n) is 11.2. The summed E-state index contributed by atoms with van der Waals surface area (Å²) in [5.41, 5.74) is 1.92. The topological polar surface area (TPSA) is 83.4 Å². The van der Waals surface area contributed by atoms with Gasteiger partial charge in [0.2, 0.25) is 5.91 Å². The van der Waals surface area contributed by atoms with Crippen molar-refractivity contribution >= 4 is 17.5 Å². The maximum Gasteiger partial charge on any atom is 0.252 e. The molecule has 1 aromatic heterocycles. The maximum atomic E-state index is 12.7. The Morgan fingerprint density at radius 3 is 2.48 bits per heavy atom. The molecule has 0 bridgehead atoms. The van der Waals surface area contributed by atoms with Gasteiger partial charge in [-0.25, -0.2) is 0 Å². The molecule has 0 atom stereocenters. The van der Waals surface area contributed by atoms with Crippen LogP contribution in [-0.4, -0.2) is 40.4 Å². The molecule has 1 aliphatic heterocycles. The van der Waals surface area contributed by atoms with Crippen LogP contribution in [0.5, 0.6) is 0 Å². The zero-order valence-corrected chi connectivity index (χ0v) is 17.8. The molecular formula is C24H30N4O3. The summed E-state index contributed by atoms with van der Waals surface area (Å²) < 4.78 is 1.29. The van der Waals surface area contributed by atoms with Gasteiger partial charge in [0.1, 0.15) is 6.54 Å². The van der Waals surface area contributed by atoms with Gasteiger partial charge in [-0.2, -0.15) is 0 Å². The zero-order valence-electron chi connectivity index (χ0n) is 17.8. The van der Waals surface area contributed by atoms with Crippen molar-refractivity contribution in [3.63, 3.8) is 0 Å². The Kier molecular flexibility index (Phi) is 6.82. The van der Waals surface area contributed by atoms with Crippen LogP contribution in [0.3, 0.4) is 0 Å². The van der Waals surface area contributed by atoms with E-state index in [1.807, 2.05) is 24.3 Å². The molecule has 1 saturated carbocycles. The van der Waals surface area contributed by atoms with E-state index in [0.29, 0.717) is 5.56 Å². The fourth-order valence-electron chi connectivity index (χ4n) is 4.43. The van der Waals surface area contributed by atoms with Gasteiger partial charge >= 0.3 is 0 Å². The van der Waals surface area contributed by atoms with Gasteiger partial charge in [-0.05, 0) is 56.5 Å². The lowest BCUT2D eigenvalue weighted by Gasteiger charge is -2.18. The van der Waals surface area contributed by atoms with Crippen LogP contribution in [-0.2, 0) is 17.9 Å². The number of hydrogen-bond donors (Lipinski definition) is 2. The number of carbonyl (C=O) groups excluding carboxylic acids is 2. The van der Waals surface area contributed by atoms with E-state index in [4.69, 9.17) is 0 Å². The molecule has 7 heteroatoms. The molecule has 1 saturated heterocycles. The Morgan fingerprint density at radius 1 is 0.968 bits per heavy atom. The molecular weight excluding hydrogens is 392 g/mol. The van der Waals surface area contributed by atoms with Crippen molar-refractivity contribution in [1.29, 1.82) is 0 Å². The van der Waals surface area contributed by atoms with Gasteiger partial charge in [-0.15, -0.1) is 0 Å². The first kappa shape index (κ1) is 21.3. The first-order valence-corrected chi connectivity index (χ1v) is 11.2. The minimum atomic E-state index is -0.307. The summed E-state index contributed by atoms with van der Waals surface area (Å²) in [5.74, 6) is -0.485. The van der Waals surface area contributed by atoms with Crippen molar-refractivity contribution in [2.45, 2.75) is 57.7 Å². The average molecular weight is 423 g/mol. The second-order valence-electron chi connectivity index (χ2n) is 8.53. The van der Waals surface area contributed by atoms with Crippen LogP contribution in [0.25, 0.3) is 0 Å². The molecule has 31 heavy (non-hydrogen) atoms. The second kappa shape index (κ2) is 9.92. The van der Waals surface area contributed by atoms with Gasteiger partial charge in [-0.3, -0.25) is 19.3 Å². The number of nitrogens with one attached hydrogen (secondary N) is 2. The van der Waals surface area contributed by atoms with E-state index in [1.165, 1.54) is 35.7 Å². The van der Waals surface area contributed by atoms with Crippen LogP contribution < -0.4 is 16.2 Å².